The molecule has 5 heteroatoms. The molecule has 0 atom stereocenters. The SMILES string of the molecule is O=C(O)c1cccnc1OCc1ccc[nH]1. The quantitative estimate of drug-likeness (QED) is 0.818. The number of aromatic amines is 1. The van der Waals surface area contributed by atoms with Crippen molar-refractivity contribution < 1.29 is 14.6 Å². The van der Waals surface area contributed by atoms with Gasteiger partial charge in [-0.1, -0.05) is 0 Å². The Balaban J connectivity index is 2.12. The lowest BCUT2D eigenvalue weighted by Gasteiger charge is -2.06. The molecule has 0 unspecified atom stereocenters. The van der Waals surface area contributed by atoms with E-state index in [0.29, 0.717) is 0 Å². The Kier molecular flexibility index (Phi) is 2.86. The Morgan fingerprint density at radius 3 is 3.00 bits per heavy atom. The fourth-order valence-corrected chi connectivity index (χ4v) is 1.27. The molecular formula is C11H10N2O3. The molecule has 0 saturated carbocycles. The number of hydrogen-bond donors (Lipinski definition) is 2. The van der Waals surface area contributed by atoms with Crippen molar-refractivity contribution in [2.75, 3.05) is 0 Å². The summed E-state index contributed by atoms with van der Waals surface area (Å²) in [5.74, 6) is -0.917. The highest BCUT2D eigenvalue weighted by Gasteiger charge is 2.11. The predicted molar refractivity (Wildman–Crippen MR) is 56.3 cm³/mol. The zero-order chi connectivity index (χ0) is 11.4. The predicted octanol–water partition coefficient (Wildman–Crippen LogP) is 1.69. The first-order valence-electron chi connectivity index (χ1n) is 4.71. The first-order chi connectivity index (χ1) is 7.77. The van der Waals surface area contributed by atoms with Gasteiger partial charge >= 0.3 is 5.97 Å². The van der Waals surface area contributed by atoms with Crippen LogP contribution >= 0.6 is 0 Å². The Hall–Kier alpha value is -2.30. The van der Waals surface area contributed by atoms with Crippen molar-refractivity contribution >= 4 is 5.97 Å². The summed E-state index contributed by atoms with van der Waals surface area (Å²) in [5.41, 5.74) is 0.927. The molecule has 5 nitrogen and oxygen atoms in total. The molecule has 0 radical (unpaired) electrons. The van der Waals surface area contributed by atoms with Crippen LogP contribution in [-0.2, 0) is 6.61 Å². The molecule has 0 amide bonds. The van der Waals surface area contributed by atoms with Gasteiger partial charge < -0.3 is 14.8 Å². The minimum Gasteiger partial charge on any atom is -0.477 e. The standard InChI is InChI=1S/C11H10N2O3/c14-11(15)9-4-2-6-13-10(9)16-7-8-3-1-5-12-8/h1-6,12H,7H2,(H,14,15). The summed E-state index contributed by atoms with van der Waals surface area (Å²) in [6.45, 7) is 0.268. The first-order valence-corrected chi connectivity index (χ1v) is 4.71. The van der Waals surface area contributed by atoms with E-state index in [1.54, 1.807) is 12.3 Å². The van der Waals surface area contributed by atoms with Crippen LogP contribution in [0.3, 0.4) is 0 Å². The summed E-state index contributed by atoms with van der Waals surface area (Å²) in [6.07, 6.45) is 3.27. The van der Waals surface area contributed by atoms with Crippen molar-refractivity contribution in [2.45, 2.75) is 6.61 Å². The zero-order valence-corrected chi connectivity index (χ0v) is 8.38. The summed E-state index contributed by atoms with van der Waals surface area (Å²) < 4.78 is 5.32. The molecule has 0 aliphatic carbocycles. The second-order valence-corrected chi connectivity index (χ2v) is 3.15. The smallest absolute Gasteiger partial charge is 0.341 e. The monoisotopic (exact) mass is 218 g/mol. The third-order valence-electron chi connectivity index (χ3n) is 2.03. The van der Waals surface area contributed by atoms with Crippen molar-refractivity contribution in [1.29, 1.82) is 0 Å². The van der Waals surface area contributed by atoms with Crippen LogP contribution in [0.15, 0.2) is 36.7 Å². The number of ether oxygens (including phenoxy) is 1. The number of hydrogen-bond acceptors (Lipinski definition) is 3. The Morgan fingerprint density at radius 1 is 1.44 bits per heavy atom. The van der Waals surface area contributed by atoms with Gasteiger partial charge in [-0.15, -0.1) is 0 Å². The van der Waals surface area contributed by atoms with E-state index in [1.165, 1.54) is 12.3 Å². The normalized spacial score (nSPS) is 10.0. The molecule has 0 fully saturated rings. The van der Waals surface area contributed by atoms with E-state index in [2.05, 4.69) is 9.97 Å². The minimum absolute atomic E-state index is 0.0639. The molecule has 2 N–H and O–H groups in total. The van der Waals surface area contributed by atoms with Crippen molar-refractivity contribution in [1.82, 2.24) is 9.97 Å². The average molecular weight is 218 g/mol. The maximum Gasteiger partial charge on any atom is 0.341 e. The fraction of sp³-hybridized carbons (Fsp3) is 0.0909. The van der Waals surface area contributed by atoms with E-state index in [-0.39, 0.29) is 18.1 Å². The minimum atomic E-state index is -1.05. The number of aromatic carboxylic acids is 1. The summed E-state index contributed by atoms with van der Waals surface area (Å²) in [5, 5.41) is 8.90. The number of carboxylic acid groups (broad SMARTS) is 1. The molecule has 82 valence electrons. The van der Waals surface area contributed by atoms with E-state index < -0.39 is 5.97 Å². The van der Waals surface area contributed by atoms with Gasteiger partial charge in [0.05, 0.1) is 5.69 Å². The summed E-state index contributed by atoms with van der Waals surface area (Å²) >= 11 is 0. The Morgan fingerprint density at radius 2 is 2.31 bits per heavy atom. The molecule has 0 aliphatic heterocycles. The number of nitrogens with one attached hydrogen (secondary N) is 1. The van der Waals surface area contributed by atoms with Gasteiger partial charge in [-0.3, -0.25) is 0 Å². The van der Waals surface area contributed by atoms with Crippen molar-refractivity contribution in [2.24, 2.45) is 0 Å². The number of aromatic nitrogens is 2. The first kappa shape index (κ1) is 10.2. The number of H-pyrrole nitrogens is 1. The Labute approximate surface area is 91.7 Å². The molecule has 16 heavy (non-hydrogen) atoms. The van der Waals surface area contributed by atoms with Crippen LogP contribution in [0.5, 0.6) is 5.88 Å². The molecule has 2 aromatic rings. The van der Waals surface area contributed by atoms with Gasteiger partial charge in [0.1, 0.15) is 12.2 Å². The van der Waals surface area contributed by atoms with Crippen molar-refractivity contribution in [3.63, 3.8) is 0 Å². The van der Waals surface area contributed by atoms with Crippen LogP contribution in [0.1, 0.15) is 16.1 Å². The maximum absolute atomic E-state index is 10.9. The highest BCUT2D eigenvalue weighted by Crippen LogP contribution is 2.15. The van der Waals surface area contributed by atoms with E-state index in [4.69, 9.17) is 9.84 Å². The van der Waals surface area contributed by atoms with Crippen LogP contribution < -0.4 is 4.74 Å². The second kappa shape index (κ2) is 4.48. The third kappa shape index (κ3) is 2.20. The molecule has 2 aromatic heterocycles. The molecule has 0 aromatic carbocycles. The van der Waals surface area contributed by atoms with E-state index in [0.717, 1.165) is 5.69 Å². The van der Waals surface area contributed by atoms with Crippen LogP contribution in [0.4, 0.5) is 0 Å². The second-order valence-electron chi connectivity index (χ2n) is 3.15. The Bertz CT molecular complexity index is 480. The third-order valence-corrected chi connectivity index (χ3v) is 2.03. The topological polar surface area (TPSA) is 75.2 Å². The van der Waals surface area contributed by atoms with Crippen LogP contribution in [0.25, 0.3) is 0 Å². The van der Waals surface area contributed by atoms with Gasteiger partial charge in [0, 0.05) is 12.4 Å². The summed E-state index contributed by atoms with van der Waals surface area (Å²) in [6, 6.07) is 6.71. The molecular weight excluding hydrogens is 208 g/mol. The largest absolute Gasteiger partial charge is 0.477 e. The van der Waals surface area contributed by atoms with Crippen molar-refractivity contribution in [3.05, 3.63) is 47.9 Å². The number of nitrogens with zero attached hydrogens (tertiary/aromatic N) is 1. The van der Waals surface area contributed by atoms with E-state index >= 15 is 0 Å². The molecule has 2 rings (SSSR count). The van der Waals surface area contributed by atoms with Crippen molar-refractivity contribution in [3.8, 4) is 5.88 Å². The lowest BCUT2D eigenvalue weighted by molar-refractivity contribution is 0.0690. The lowest BCUT2D eigenvalue weighted by Crippen LogP contribution is -2.05. The highest BCUT2D eigenvalue weighted by atomic mass is 16.5. The van der Waals surface area contributed by atoms with Crippen LogP contribution in [0.2, 0.25) is 0 Å². The van der Waals surface area contributed by atoms with Gasteiger partial charge in [-0.05, 0) is 24.3 Å². The lowest BCUT2D eigenvalue weighted by atomic mass is 10.3. The van der Waals surface area contributed by atoms with Gasteiger partial charge in [0.15, 0.2) is 0 Å². The number of pyridine rings is 1. The molecule has 0 saturated heterocycles. The van der Waals surface area contributed by atoms with E-state index in [1.807, 2.05) is 12.1 Å². The molecule has 0 bridgehead atoms. The number of carbonyl (C=O) groups is 1. The van der Waals surface area contributed by atoms with Gasteiger partial charge in [-0.2, -0.15) is 0 Å². The molecule has 2 heterocycles. The fourth-order valence-electron chi connectivity index (χ4n) is 1.27. The van der Waals surface area contributed by atoms with Crippen LogP contribution in [-0.4, -0.2) is 21.0 Å². The van der Waals surface area contributed by atoms with E-state index in [9.17, 15) is 4.79 Å². The van der Waals surface area contributed by atoms with Crippen LogP contribution in [0, 0.1) is 0 Å². The van der Waals surface area contributed by atoms with Gasteiger partial charge in [0.2, 0.25) is 5.88 Å². The van der Waals surface area contributed by atoms with Gasteiger partial charge in [-0.25, -0.2) is 9.78 Å². The maximum atomic E-state index is 10.9. The average Bonchev–Trinajstić information content (AvgIpc) is 2.79. The van der Waals surface area contributed by atoms with Gasteiger partial charge in [0.25, 0.3) is 0 Å². The molecule has 0 spiro atoms. The highest BCUT2D eigenvalue weighted by molar-refractivity contribution is 5.90. The summed E-state index contributed by atoms with van der Waals surface area (Å²) in [4.78, 5) is 17.7. The summed E-state index contributed by atoms with van der Waals surface area (Å²) in [7, 11) is 0. The zero-order valence-electron chi connectivity index (χ0n) is 8.38. The molecule has 0 aliphatic rings. The number of carboxylic acids is 1. The number of rotatable bonds is 4.